The molecule has 0 spiro atoms. The van der Waals surface area contributed by atoms with Crippen molar-refractivity contribution < 1.29 is 4.74 Å². The first-order valence-electron chi connectivity index (χ1n) is 5.72. The number of rotatable bonds is 7. The largest absolute Gasteiger partial charge is 0.380 e. The lowest BCUT2D eigenvalue weighted by atomic mass is 10.2. The zero-order valence-electron chi connectivity index (χ0n) is 10.1. The van der Waals surface area contributed by atoms with Gasteiger partial charge < -0.3 is 15.4 Å². The number of aromatic nitrogens is 1. The van der Waals surface area contributed by atoms with Crippen molar-refractivity contribution in [1.29, 1.82) is 0 Å². The number of likely N-dealkylation sites (N-methyl/N-ethyl adjacent to an activating group) is 1. The van der Waals surface area contributed by atoms with Crippen molar-refractivity contribution in [2.45, 2.75) is 13.3 Å². The Morgan fingerprint density at radius 3 is 3.00 bits per heavy atom. The molecule has 1 rings (SSSR count). The van der Waals surface area contributed by atoms with Crippen LogP contribution in [0.5, 0.6) is 0 Å². The molecule has 0 fully saturated rings. The molecule has 1 aromatic heterocycles. The van der Waals surface area contributed by atoms with Crippen LogP contribution in [0.2, 0.25) is 0 Å². The Labute approximate surface area is 97.4 Å². The number of ether oxygens (including phenoxy) is 1. The second kappa shape index (κ2) is 7.19. The van der Waals surface area contributed by atoms with Gasteiger partial charge in [0.25, 0.3) is 0 Å². The molecule has 2 N–H and O–H groups in total. The van der Waals surface area contributed by atoms with Gasteiger partial charge in [0.2, 0.25) is 0 Å². The average Bonchev–Trinajstić information content (AvgIpc) is 2.30. The molecule has 0 saturated heterocycles. The van der Waals surface area contributed by atoms with Crippen LogP contribution < -0.4 is 10.6 Å². The van der Waals surface area contributed by atoms with Crippen LogP contribution in [0.3, 0.4) is 0 Å². The molecule has 0 atom stereocenters. The molecule has 1 aromatic rings. The summed E-state index contributed by atoms with van der Waals surface area (Å²) >= 11 is 0. The average molecular weight is 223 g/mol. The van der Waals surface area contributed by atoms with Crippen molar-refractivity contribution >= 4 is 5.82 Å². The van der Waals surface area contributed by atoms with Gasteiger partial charge in [-0.3, -0.25) is 0 Å². The smallest absolute Gasteiger partial charge is 0.131 e. The summed E-state index contributed by atoms with van der Waals surface area (Å²) in [5.41, 5.74) is 6.78. The van der Waals surface area contributed by atoms with E-state index in [1.165, 1.54) is 5.56 Å². The van der Waals surface area contributed by atoms with Crippen molar-refractivity contribution in [3.63, 3.8) is 0 Å². The van der Waals surface area contributed by atoms with Gasteiger partial charge in [0, 0.05) is 26.4 Å². The summed E-state index contributed by atoms with van der Waals surface area (Å²) in [5.74, 6) is 1.01. The summed E-state index contributed by atoms with van der Waals surface area (Å²) in [7, 11) is 2.03. The zero-order valence-corrected chi connectivity index (χ0v) is 10.1. The SMILES string of the molecule is CCOCCN(C)c1ncccc1CCN. The Morgan fingerprint density at radius 1 is 1.50 bits per heavy atom. The molecule has 0 aliphatic carbocycles. The van der Waals surface area contributed by atoms with Crippen LogP contribution in [0.25, 0.3) is 0 Å². The van der Waals surface area contributed by atoms with Gasteiger partial charge in [-0.2, -0.15) is 0 Å². The molecule has 0 aromatic carbocycles. The van der Waals surface area contributed by atoms with Gasteiger partial charge in [-0.15, -0.1) is 0 Å². The molecule has 0 bridgehead atoms. The van der Waals surface area contributed by atoms with Crippen molar-refractivity contribution in [2.24, 2.45) is 5.73 Å². The van der Waals surface area contributed by atoms with E-state index in [1.54, 1.807) is 0 Å². The molecule has 16 heavy (non-hydrogen) atoms. The summed E-state index contributed by atoms with van der Waals surface area (Å²) in [6, 6.07) is 4.03. The lowest BCUT2D eigenvalue weighted by molar-refractivity contribution is 0.154. The van der Waals surface area contributed by atoms with Crippen LogP contribution in [0.4, 0.5) is 5.82 Å². The van der Waals surface area contributed by atoms with Crippen LogP contribution in [0.15, 0.2) is 18.3 Å². The molecule has 0 radical (unpaired) electrons. The van der Waals surface area contributed by atoms with Crippen molar-refractivity contribution in [3.8, 4) is 0 Å². The van der Waals surface area contributed by atoms with E-state index >= 15 is 0 Å². The lowest BCUT2D eigenvalue weighted by Gasteiger charge is -2.20. The van der Waals surface area contributed by atoms with E-state index in [0.717, 1.165) is 32.0 Å². The second-order valence-electron chi connectivity index (χ2n) is 3.64. The minimum absolute atomic E-state index is 0.651. The topological polar surface area (TPSA) is 51.4 Å². The van der Waals surface area contributed by atoms with Crippen molar-refractivity contribution in [2.75, 3.05) is 38.3 Å². The molecule has 0 aliphatic heterocycles. The first kappa shape index (κ1) is 12.9. The van der Waals surface area contributed by atoms with Crippen LogP contribution in [0, 0.1) is 0 Å². The third-order valence-electron chi connectivity index (χ3n) is 2.42. The van der Waals surface area contributed by atoms with Gasteiger partial charge in [-0.05, 0) is 31.5 Å². The molecule has 0 saturated carbocycles. The predicted molar refractivity (Wildman–Crippen MR) is 66.8 cm³/mol. The van der Waals surface area contributed by atoms with Gasteiger partial charge >= 0.3 is 0 Å². The normalized spacial score (nSPS) is 10.4. The first-order chi connectivity index (χ1) is 7.79. The standard InChI is InChI=1S/C12H21N3O/c1-3-16-10-9-15(2)12-11(6-7-13)5-4-8-14-12/h4-5,8H,3,6-7,9-10,13H2,1-2H3. The molecule has 4 heteroatoms. The Bertz CT molecular complexity index is 304. The van der Waals surface area contributed by atoms with Crippen molar-refractivity contribution in [3.05, 3.63) is 23.9 Å². The molecular weight excluding hydrogens is 202 g/mol. The van der Waals surface area contributed by atoms with E-state index in [-0.39, 0.29) is 0 Å². The molecule has 0 aliphatic rings. The number of pyridine rings is 1. The molecule has 0 amide bonds. The predicted octanol–water partition coefficient (Wildman–Crippen LogP) is 1.06. The fourth-order valence-corrected chi connectivity index (χ4v) is 1.58. The van der Waals surface area contributed by atoms with Gasteiger partial charge in [0.05, 0.1) is 6.61 Å². The minimum Gasteiger partial charge on any atom is -0.380 e. The Balaban J connectivity index is 2.62. The lowest BCUT2D eigenvalue weighted by Crippen LogP contribution is -2.25. The maximum atomic E-state index is 5.58. The fourth-order valence-electron chi connectivity index (χ4n) is 1.58. The Morgan fingerprint density at radius 2 is 2.31 bits per heavy atom. The number of hydrogen-bond acceptors (Lipinski definition) is 4. The molecular formula is C12H21N3O. The highest BCUT2D eigenvalue weighted by atomic mass is 16.5. The fraction of sp³-hybridized carbons (Fsp3) is 0.583. The van der Waals surface area contributed by atoms with Gasteiger partial charge in [-0.25, -0.2) is 4.98 Å². The number of nitrogens with zero attached hydrogens (tertiary/aromatic N) is 2. The van der Waals surface area contributed by atoms with Crippen LogP contribution in [-0.2, 0) is 11.2 Å². The number of nitrogens with two attached hydrogens (primary N) is 1. The molecule has 4 nitrogen and oxygen atoms in total. The zero-order chi connectivity index (χ0) is 11.8. The van der Waals surface area contributed by atoms with E-state index in [0.29, 0.717) is 6.54 Å². The van der Waals surface area contributed by atoms with E-state index in [4.69, 9.17) is 10.5 Å². The van der Waals surface area contributed by atoms with Crippen LogP contribution in [-0.4, -0.2) is 38.3 Å². The van der Waals surface area contributed by atoms with Gasteiger partial charge in [0.1, 0.15) is 5.82 Å². The van der Waals surface area contributed by atoms with E-state index < -0.39 is 0 Å². The maximum absolute atomic E-state index is 5.58. The minimum atomic E-state index is 0.651. The summed E-state index contributed by atoms with van der Waals surface area (Å²) < 4.78 is 5.33. The summed E-state index contributed by atoms with van der Waals surface area (Å²) in [6.07, 6.45) is 2.68. The molecule has 1 heterocycles. The summed E-state index contributed by atoms with van der Waals surface area (Å²) in [6.45, 7) is 4.98. The van der Waals surface area contributed by atoms with E-state index in [1.807, 2.05) is 26.2 Å². The quantitative estimate of drug-likeness (QED) is 0.702. The van der Waals surface area contributed by atoms with E-state index in [9.17, 15) is 0 Å². The highest BCUT2D eigenvalue weighted by Gasteiger charge is 2.07. The Hall–Kier alpha value is -1.13. The first-order valence-corrected chi connectivity index (χ1v) is 5.72. The molecule has 0 unspecified atom stereocenters. The highest BCUT2D eigenvalue weighted by molar-refractivity contribution is 5.46. The third-order valence-corrected chi connectivity index (χ3v) is 2.42. The summed E-state index contributed by atoms with van der Waals surface area (Å²) in [5, 5.41) is 0. The monoisotopic (exact) mass is 223 g/mol. The molecule has 90 valence electrons. The van der Waals surface area contributed by atoms with Gasteiger partial charge in [0.15, 0.2) is 0 Å². The van der Waals surface area contributed by atoms with Crippen LogP contribution in [0.1, 0.15) is 12.5 Å². The number of hydrogen-bond donors (Lipinski definition) is 1. The Kier molecular flexibility index (Phi) is 5.82. The van der Waals surface area contributed by atoms with Gasteiger partial charge in [-0.1, -0.05) is 6.07 Å². The highest BCUT2D eigenvalue weighted by Crippen LogP contribution is 2.15. The van der Waals surface area contributed by atoms with E-state index in [2.05, 4.69) is 16.0 Å². The second-order valence-corrected chi connectivity index (χ2v) is 3.64. The number of anilines is 1. The summed E-state index contributed by atoms with van der Waals surface area (Å²) in [4.78, 5) is 6.50. The third kappa shape index (κ3) is 3.79. The van der Waals surface area contributed by atoms with Crippen LogP contribution >= 0.6 is 0 Å². The maximum Gasteiger partial charge on any atom is 0.131 e. The van der Waals surface area contributed by atoms with Crippen molar-refractivity contribution in [1.82, 2.24) is 4.98 Å².